The van der Waals surface area contributed by atoms with E-state index in [0.29, 0.717) is 17.3 Å². The third-order valence-electron chi connectivity index (χ3n) is 4.50. The van der Waals surface area contributed by atoms with E-state index < -0.39 is 0 Å². The Kier molecular flexibility index (Phi) is 4.31. The third-order valence-corrected chi connectivity index (χ3v) is 4.50. The van der Waals surface area contributed by atoms with Crippen LogP contribution in [0.5, 0.6) is 0 Å². The number of hydrogen-bond donors (Lipinski definition) is 1. The molecule has 0 aliphatic heterocycles. The van der Waals surface area contributed by atoms with Gasteiger partial charge < -0.3 is 10.6 Å². The topological polar surface area (TPSA) is 53.0 Å². The highest BCUT2D eigenvalue weighted by molar-refractivity contribution is 5.63. The van der Waals surface area contributed by atoms with Crippen molar-refractivity contribution < 1.29 is 0 Å². The fourth-order valence-electron chi connectivity index (χ4n) is 3.02. The first-order valence-electron chi connectivity index (χ1n) is 7.18. The number of nitrogens with zero attached hydrogens (tertiary/aromatic N) is 2. The normalized spacial score (nSPS) is 22.8. The molecule has 2 rings (SSSR count). The molecular formula is C16H23N3. The van der Waals surface area contributed by atoms with Crippen LogP contribution < -0.4 is 10.6 Å². The van der Waals surface area contributed by atoms with Gasteiger partial charge in [0.05, 0.1) is 11.3 Å². The van der Waals surface area contributed by atoms with Gasteiger partial charge >= 0.3 is 0 Å². The standard InChI is InChI=1S/C16H23N3/c1-3-12-4-7-14(8-5-12)19(2)15-9-6-13(11-17)16(18)10-15/h6,9-10,12,14H,3-5,7-8,18H2,1-2H3. The maximum atomic E-state index is 8.91. The lowest BCUT2D eigenvalue weighted by Gasteiger charge is -2.36. The van der Waals surface area contributed by atoms with Crippen molar-refractivity contribution in [1.29, 1.82) is 5.26 Å². The molecule has 1 saturated carbocycles. The summed E-state index contributed by atoms with van der Waals surface area (Å²) in [4.78, 5) is 2.32. The van der Waals surface area contributed by atoms with E-state index >= 15 is 0 Å². The molecule has 0 atom stereocenters. The number of anilines is 2. The van der Waals surface area contributed by atoms with Crippen LogP contribution in [0.4, 0.5) is 11.4 Å². The molecule has 0 amide bonds. The predicted octanol–water partition coefficient (Wildman–Crippen LogP) is 3.55. The van der Waals surface area contributed by atoms with Gasteiger partial charge in [0, 0.05) is 18.8 Å². The van der Waals surface area contributed by atoms with Gasteiger partial charge in [-0.2, -0.15) is 5.26 Å². The van der Waals surface area contributed by atoms with Crippen molar-refractivity contribution in [3.8, 4) is 6.07 Å². The minimum Gasteiger partial charge on any atom is -0.398 e. The number of hydrogen-bond acceptors (Lipinski definition) is 3. The summed E-state index contributed by atoms with van der Waals surface area (Å²) in [5.74, 6) is 0.913. The lowest BCUT2D eigenvalue weighted by Crippen LogP contribution is -2.35. The zero-order valence-corrected chi connectivity index (χ0v) is 11.9. The monoisotopic (exact) mass is 257 g/mol. The summed E-state index contributed by atoms with van der Waals surface area (Å²) in [5.41, 5.74) is 8.16. The van der Waals surface area contributed by atoms with E-state index in [9.17, 15) is 0 Å². The van der Waals surface area contributed by atoms with Crippen LogP contribution in [-0.2, 0) is 0 Å². The van der Waals surface area contributed by atoms with Gasteiger partial charge in [-0.3, -0.25) is 0 Å². The average Bonchev–Trinajstić information content (AvgIpc) is 2.46. The Balaban J connectivity index is 2.06. The van der Waals surface area contributed by atoms with E-state index in [1.165, 1.54) is 32.1 Å². The molecule has 1 fully saturated rings. The molecule has 0 radical (unpaired) electrons. The van der Waals surface area contributed by atoms with Gasteiger partial charge in [0.2, 0.25) is 0 Å². The van der Waals surface area contributed by atoms with Crippen LogP contribution in [-0.4, -0.2) is 13.1 Å². The van der Waals surface area contributed by atoms with E-state index in [4.69, 9.17) is 11.0 Å². The van der Waals surface area contributed by atoms with E-state index in [-0.39, 0.29) is 0 Å². The van der Waals surface area contributed by atoms with E-state index in [1.54, 1.807) is 0 Å². The van der Waals surface area contributed by atoms with Gasteiger partial charge in [-0.1, -0.05) is 13.3 Å². The van der Waals surface area contributed by atoms with Crippen LogP contribution in [0.25, 0.3) is 0 Å². The molecular weight excluding hydrogens is 234 g/mol. The molecule has 2 N–H and O–H groups in total. The molecule has 1 aliphatic carbocycles. The van der Waals surface area contributed by atoms with Crippen molar-refractivity contribution in [1.82, 2.24) is 0 Å². The lowest BCUT2D eigenvalue weighted by atomic mass is 9.84. The van der Waals surface area contributed by atoms with Gasteiger partial charge in [0.1, 0.15) is 6.07 Å². The Morgan fingerprint density at radius 1 is 1.32 bits per heavy atom. The second kappa shape index (κ2) is 5.97. The molecule has 0 unspecified atom stereocenters. The Hall–Kier alpha value is -1.69. The summed E-state index contributed by atoms with van der Waals surface area (Å²) in [6.07, 6.45) is 6.48. The van der Waals surface area contributed by atoms with Crippen LogP contribution in [0.3, 0.4) is 0 Å². The van der Waals surface area contributed by atoms with Crippen molar-refractivity contribution in [2.75, 3.05) is 17.7 Å². The molecule has 19 heavy (non-hydrogen) atoms. The van der Waals surface area contributed by atoms with Gasteiger partial charge in [-0.05, 0) is 49.8 Å². The lowest BCUT2D eigenvalue weighted by molar-refractivity contribution is 0.313. The van der Waals surface area contributed by atoms with Crippen LogP contribution in [0.15, 0.2) is 18.2 Å². The van der Waals surface area contributed by atoms with Crippen molar-refractivity contribution in [3.63, 3.8) is 0 Å². The van der Waals surface area contributed by atoms with E-state index in [0.717, 1.165) is 11.6 Å². The maximum Gasteiger partial charge on any atom is 0.101 e. The molecule has 0 heterocycles. The zero-order chi connectivity index (χ0) is 13.8. The number of nitrogens with two attached hydrogens (primary N) is 1. The Morgan fingerprint density at radius 3 is 2.53 bits per heavy atom. The summed E-state index contributed by atoms with van der Waals surface area (Å²) in [5, 5.41) is 8.91. The summed E-state index contributed by atoms with van der Waals surface area (Å²) in [6.45, 7) is 2.29. The van der Waals surface area contributed by atoms with E-state index in [1.807, 2.05) is 18.2 Å². The number of rotatable bonds is 3. The first kappa shape index (κ1) is 13.7. The molecule has 1 aromatic rings. The second-order valence-corrected chi connectivity index (χ2v) is 5.58. The first-order valence-corrected chi connectivity index (χ1v) is 7.18. The SMILES string of the molecule is CCC1CCC(N(C)c2ccc(C#N)c(N)c2)CC1. The highest BCUT2D eigenvalue weighted by Gasteiger charge is 2.23. The highest BCUT2D eigenvalue weighted by atomic mass is 15.1. The second-order valence-electron chi connectivity index (χ2n) is 5.58. The van der Waals surface area contributed by atoms with Crippen molar-refractivity contribution in [2.45, 2.75) is 45.1 Å². The molecule has 0 bridgehead atoms. The minimum absolute atomic E-state index is 0.562. The summed E-state index contributed by atoms with van der Waals surface area (Å²) in [6, 6.07) is 8.46. The molecule has 0 saturated heterocycles. The van der Waals surface area contributed by atoms with Crippen LogP contribution >= 0.6 is 0 Å². The Bertz CT molecular complexity index is 467. The predicted molar refractivity (Wildman–Crippen MR) is 80.0 cm³/mol. The molecule has 3 heteroatoms. The van der Waals surface area contributed by atoms with Gasteiger partial charge in [-0.25, -0.2) is 0 Å². The molecule has 1 aliphatic rings. The smallest absolute Gasteiger partial charge is 0.101 e. The fourth-order valence-corrected chi connectivity index (χ4v) is 3.02. The van der Waals surface area contributed by atoms with Crippen molar-refractivity contribution in [2.24, 2.45) is 5.92 Å². The largest absolute Gasteiger partial charge is 0.398 e. The molecule has 102 valence electrons. The minimum atomic E-state index is 0.562. The van der Waals surface area contributed by atoms with Gasteiger partial charge in [0.15, 0.2) is 0 Å². The average molecular weight is 257 g/mol. The highest BCUT2D eigenvalue weighted by Crippen LogP contribution is 2.32. The number of benzene rings is 1. The molecule has 0 spiro atoms. The summed E-state index contributed by atoms with van der Waals surface area (Å²) in [7, 11) is 2.14. The number of nitriles is 1. The zero-order valence-electron chi connectivity index (χ0n) is 11.9. The van der Waals surface area contributed by atoms with Crippen molar-refractivity contribution in [3.05, 3.63) is 23.8 Å². The maximum absolute atomic E-state index is 8.91. The van der Waals surface area contributed by atoms with Crippen LogP contribution in [0.1, 0.15) is 44.6 Å². The van der Waals surface area contributed by atoms with Crippen LogP contribution in [0, 0.1) is 17.2 Å². The Morgan fingerprint density at radius 2 is 2.00 bits per heavy atom. The van der Waals surface area contributed by atoms with Gasteiger partial charge in [-0.15, -0.1) is 0 Å². The quantitative estimate of drug-likeness (QED) is 0.842. The van der Waals surface area contributed by atoms with Crippen LogP contribution in [0.2, 0.25) is 0 Å². The summed E-state index contributed by atoms with van der Waals surface area (Å²) >= 11 is 0. The first-order chi connectivity index (χ1) is 9.15. The molecule has 3 nitrogen and oxygen atoms in total. The fraction of sp³-hybridized carbons (Fsp3) is 0.562. The summed E-state index contributed by atoms with van der Waals surface area (Å²) < 4.78 is 0. The molecule has 1 aromatic carbocycles. The van der Waals surface area contributed by atoms with Gasteiger partial charge in [0.25, 0.3) is 0 Å². The number of nitrogen functional groups attached to an aromatic ring is 1. The molecule has 0 aromatic heterocycles. The van der Waals surface area contributed by atoms with E-state index in [2.05, 4.69) is 24.9 Å². The third kappa shape index (κ3) is 3.01. The Labute approximate surface area is 116 Å². The van der Waals surface area contributed by atoms with Crippen molar-refractivity contribution >= 4 is 11.4 Å².